The highest BCUT2D eigenvalue weighted by Crippen LogP contribution is 2.23. The maximum absolute atomic E-state index is 12.5. The maximum Gasteiger partial charge on any atom is 0.262 e. The van der Waals surface area contributed by atoms with E-state index < -0.39 is 20.0 Å². The molecule has 0 bridgehead atoms. The standard InChI is InChI=1S/C14H15BrN2O4S2/c1-10-3-4-11(15)9-14(10)23(20,21)17-12-5-7-13(8-6-12)22(18,19)16-2/h3-9,16-17H,1-2H3. The summed E-state index contributed by atoms with van der Waals surface area (Å²) in [5.74, 6) is 0. The van der Waals surface area contributed by atoms with E-state index in [4.69, 9.17) is 0 Å². The minimum Gasteiger partial charge on any atom is -0.280 e. The number of aryl methyl sites for hydroxylation is 1. The molecule has 0 aliphatic carbocycles. The fourth-order valence-electron chi connectivity index (χ4n) is 1.89. The summed E-state index contributed by atoms with van der Waals surface area (Å²) in [4.78, 5) is 0.209. The van der Waals surface area contributed by atoms with Gasteiger partial charge in [0, 0.05) is 10.2 Å². The van der Waals surface area contributed by atoms with Crippen molar-refractivity contribution in [1.82, 2.24) is 4.72 Å². The molecule has 0 aromatic heterocycles. The second kappa shape index (κ2) is 6.60. The van der Waals surface area contributed by atoms with Crippen LogP contribution in [0, 0.1) is 6.92 Å². The quantitative estimate of drug-likeness (QED) is 0.779. The molecule has 0 radical (unpaired) electrons. The normalized spacial score (nSPS) is 12.1. The van der Waals surface area contributed by atoms with E-state index in [2.05, 4.69) is 25.4 Å². The Hall–Kier alpha value is -1.42. The van der Waals surface area contributed by atoms with Gasteiger partial charge in [0.2, 0.25) is 10.0 Å². The van der Waals surface area contributed by atoms with E-state index >= 15 is 0 Å². The number of halogens is 1. The summed E-state index contributed by atoms with van der Waals surface area (Å²) in [5, 5.41) is 0. The van der Waals surface area contributed by atoms with Crippen LogP contribution in [0.1, 0.15) is 5.56 Å². The molecule has 2 aromatic rings. The second-order valence-electron chi connectivity index (χ2n) is 4.75. The van der Waals surface area contributed by atoms with E-state index in [1.807, 2.05) is 0 Å². The molecule has 9 heteroatoms. The van der Waals surface area contributed by atoms with Gasteiger partial charge < -0.3 is 0 Å². The second-order valence-corrected chi connectivity index (χ2v) is 9.20. The van der Waals surface area contributed by atoms with Crippen molar-refractivity contribution >= 4 is 41.7 Å². The van der Waals surface area contributed by atoms with Crippen LogP contribution in [0.3, 0.4) is 0 Å². The summed E-state index contributed by atoms with van der Waals surface area (Å²) >= 11 is 3.25. The third kappa shape index (κ3) is 4.11. The average molecular weight is 419 g/mol. The molecule has 0 aliphatic rings. The molecule has 2 rings (SSSR count). The van der Waals surface area contributed by atoms with Crippen LogP contribution in [0.5, 0.6) is 0 Å². The molecule has 0 atom stereocenters. The van der Waals surface area contributed by atoms with Crippen LogP contribution in [-0.4, -0.2) is 23.9 Å². The topological polar surface area (TPSA) is 92.3 Å². The molecular weight excluding hydrogens is 404 g/mol. The Kier molecular flexibility index (Phi) is 5.14. The Bertz CT molecular complexity index is 924. The zero-order valence-corrected chi connectivity index (χ0v) is 15.6. The minimum absolute atomic E-state index is 0.0570. The van der Waals surface area contributed by atoms with Crippen molar-refractivity contribution in [2.75, 3.05) is 11.8 Å². The van der Waals surface area contributed by atoms with Crippen molar-refractivity contribution in [2.45, 2.75) is 16.7 Å². The summed E-state index contributed by atoms with van der Waals surface area (Å²) in [6.45, 7) is 1.70. The number of hydrogen-bond acceptors (Lipinski definition) is 4. The van der Waals surface area contributed by atoms with Gasteiger partial charge >= 0.3 is 0 Å². The highest BCUT2D eigenvalue weighted by atomic mass is 79.9. The maximum atomic E-state index is 12.5. The number of sulfonamides is 2. The van der Waals surface area contributed by atoms with Gasteiger partial charge in [-0.15, -0.1) is 0 Å². The van der Waals surface area contributed by atoms with E-state index in [0.717, 1.165) is 0 Å². The van der Waals surface area contributed by atoms with Gasteiger partial charge in [0.25, 0.3) is 10.0 Å². The van der Waals surface area contributed by atoms with Crippen LogP contribution in [0.25, 0.3) is 0 Å². The summed E-state index contributed by atoms with van der Waals surface area (Å²) in [6, 6.07) is 10.4. The number of nitrogens with one attached hydrogen (secondary N) is 2. The van der Waals surface area contributed by atoms with Crippen LogP contribution in [0.15, 0.2) is 56.7 Å². The van der Waals surface area contributed by atoms with E-state index in [1.165, 1.54) is 37.4 Å². The Morgan fingerprint density at radius 2 is 1.52 bits per heavy atom. The molecule has 0 unspecified atom stereocenters. The van der Waals surface area contributed by atoms with Gasteiger partial charge in [-0.05, 0) is 55.9 Å². The molecule has 2 aromatic carbocycles. The van der Waals surface area contributed by atoms with Crippen molar-refractivity contribution in [2.24, 2.45) is 0 Å². The lowest BCUT2D eigenvalue weighted by Gasteiger charge is -2.11. The summed E-state index contributed by atoms with van der Waals surface area (Å²) < 4.78 is 53.5. The third-order valence-electron chi connectivity index (χ3n) is 3.13. The van der Waals surface area contributed by atoms with Crippen LogP contribution < -0.4 is 9.44 Å². The van der Waals surface area contributed by atoms with Crippen LogP contribution in [-0.2, 0) is 20.0 Å². The SMILES string of the molecule is CNS(=O)(=O)c1ccc(NS(=O)(=O)c2cc(Br)ccc2C)cc1. The van der Waals surface area contributed by atoms with Gasteiger partial charge in [0.05, 0.1) is 9.79 Å². The lowest BCUT2D eigenvalue weighted by atomic mass is 10.2. The largest absolute Gasteiger partial charge is 0.280 e. The first kappa shape index (κ1) is 17.9. The highest BCUT2D eigenvalue weighted by Gasteiger charge is 2.18. The van der Waals surface area contributed by atoms with E-state index in [1.54, 1.807) is 19.1 Å². The van der Waals surface area contributed by atoms with Crippen LogP contribution in [0.2, 0.25) is 0 Å². The molecule has 124 valence electrons. The Labute approximate surface area is 144 Å². The zero-order valence-electron chi connectivity index (χ0n) is 12.4. The monoisotopic (exact) mass is 418 g/mol. The van der Waals surface area contributed by atoms with Crippen molar-refractivity contribution in [1.29, 1.82) is 0 Å². The lowest BCUT2D eigenvalue weighted by Crippen LogP contribution is -2.18. The van der Waals surface area contributed by atoms with Gasteiger partial charge in [-0.3, -0.25) is 4.72 Å². The Morgan fingerprint density at radius 3 is 2.09 bits per heavy atom. The van der Waals surface area contributed by atoms with E-state index in [0.29, 0.717) is 10.0 Å². The van der Waals surface area contributed by atoms with E-state index in [9.17, 15) is 16.8 Å². The Morgan fingerprint density at radius 1 is 0.913 bits per heavy atom. The predicted octanol–water partition coefficient (Wildman–Crippen LogP) is 2.47. The van der Waals surface area contributed by atoms with Crippen molar-refractivity contribution in [3.05, 3.63) is 52.5 Å². The fraction of sp³-hybridized carbons (Fsp3) is 0.143. The van der Waals surface area contributed by atoms with Crippen molar-refractivity contribution in [3.63, 3.8) is 0 Å². The molecule has 0 heterocycles. The van der Waals surface area contributed by atoms with Crippen LogP contribution in [0.4, 0.5) is 5.69 Å². The fourth-order valence-corrected chi connectivity index (χ4v) is 4.47. The predicted molar refractivity (Wildman–Crippen MR) is 92.4 cm³/mol. The number of anilines is 1. The van der Waals surface area contributed by atoms with Crippen LogP contribution >= 0.6 is 15.9 Å². The summed E-state index contributed by atoms with van der Waals surface area (Å²) in [5.41, 5.74) is 0.884. The first-order valence-corrected chi connectivity index (χ1v) is 10.2. The van der Waals surface area contributed by atoms with Gasteiger partial charge in [0.15, 0.2) is 0 Å². The average Bonchev–Trinajstić information content (AvgIpc) is 2.49. The molecular formula is C14H15BrN2O4S2. The molecule has 0 amide bonds. The molecule has 0 spiro atoms. The number of hydrogen-bond donors (Lipinski definition) is 2. The molecule has 2 N–H and O–H groups in total. The zero-order chi connectivity index (χ0) is 17.3. The molecule has 23 heavy (non-hydrogen) atoms. The van der Waals surface area contributed by atoms with Crippen molar-refractivity contribution < 1.29 is 16.8 Å². The minimum atomic E-state index is -3.77. The smallest absolute Gasteiger partial charge is 0.262 e. The number of benzene rings is 2. The molecule has 0 fully saturated rings. The summed E-state index contributed by atoms with van der Waals surface area (Å²) in [6.07, 6.45) is 0. The first-order valence-electron chi connectivity index (χ1n) is 6.48. The highest BCUT2D eigenvalue weighted by molar-refractivity contribution is 9.10. The van der Waals surface area contributed by atoms with Gasteiger partial charge in [0.1, 0.15) is 0 Å². The first-order chi connectivity index (χ1) is 10.7. The van der Waals surface area contributed by atoms with Gasteiger partial charge in [-0.25, -0.2) is 21.6 Å². The molecule has 0 saturated carbocycles. The van der Waals surface area contributed by atoms with Gasteiger partial charge in [-0.1, -0.05) is 22.0 Å². The van der Waals surface area contributed by atoms with E-state index in [-0.39, 0.29) is 15.5 Å². The molecule has 6 nitrogen and oxygen atoms in total. The Balaban J connectivity index is 2.33. The summed E-state index contributed by atoms with van der Waals surface area (Å²) in [7, 11) is -6.01. The number of rotatable bonds is 5. The van der Waals surface area contributed by atoms with Crippen molar-refractivity contribution in [3.8, 4) is 0 Å². The molecule has 0 aliphatic heterocycles. The molecule has 0 saturated heterocycles. The van der Waals surface area contributed by atoms with Gasteiger partial charge in [-0.2, -0.15) is 0 Å². The third-order valence-corrected chi connectivity index (χ3v) is 6.57. The lowest BCUT2D eigenvalue weighted by molar-refractivity contribution is 0.588.